The first-order valence-electron chi connectivity index (χ1n) is 10.6. The quantitative estimate of drug-likeness (QED) is 0.320. The topological polar surface area (TPSA) is 80.3 Å². The number of carbonyl (C=O) groups excluding carboxylic acids is 2. The van der Waals surface area contributed by atoms with Crippen LogP contribution < -0.4 is 0 Å². The summed E-state index contributed by atoms with van der Waals surface area (Å²) in [5, 5.41) is 0. The third kappa shape index (κ3) is 7.83. The number of halogens is 3. The van der Waals surface area contributed by atoms with E-state index in [9.17, 15) is 9.59 Å². The predicted octanol–water partition coefficient (Wildman–Crippen LogP) is 4.05. The van der Waals surface area contributed by atoms with Gasteiger partial charge in [0.25, 0.3) is 0 Å². The molecule has 0 unspecified atom stereocenters. The molecule has 34 heavy (non-hydrogen) atoms. The Morgan fingerprint density at radius 3 is 1.82 bits per heavy atom. The molecular weight excluding hydrogens is 507 g/mol. The molecule has 0 saturated carbocycles. The highest BCUT2D eigenvalue weighted by atomic mass is 35.5. The van der Waals surface area contributed by atoms with Crippen LogP contribution in [0.3, 0.4) is 0 Å². The Hall–Kier alpha value is -1.87. The van der Waals surface area contributed by atoms with Crippen molar-refractivity contribution < 1.29 is 33.3 Å². The lowest BCUT2D eigenvalue weighted by Gasteiger charge is -2.43. The van der Waals surface area contributed by atoms with Crippen molar-refractivity contribution in [2.24, 2.45) is 0 Å². The van der Waals surface area contributed by atoms with Crippen LogP contribution in [0.4, 0.5) is 0 Å². The van der Waals surface area contributed by atoms with Gasteiger partial charge in [-0.25, -0.2) is 0 Å². The second kappa shape index (κ2) is 13.9. The normalized spacial score (nSPS) is 24.4. The Labute approximate surface area is 213 Å². The third-order valence-corrected chi connectivity index (χ3v) is 5.83. The van der Waals surface area contributed by atoms with Crippen molar-refractivity contribution >= 4 is 46.7 Å². The molecule has 1 heterocycles. The van der Waals surface area contributed by atoms with Crippen LogP contribution in [-0.2, 0) is 46.5 Å². The Morgan fingerprint density at radius 1 is 0.765 bits per heavy atom. The molecule has 0 spiro atoms. The maximum absolute atomic E-state index is 12.2. The van der Waals surface area contributed by atoms with Crippen LogP contribution in [0.5, 0.6) is 0 Å². The lowest BCUT2D eigenvalue weighted by Crippen LogP contribution is -2.60. The van der Waals surface area contributed by atoms with Crippen LogP contribution in [0.1, 0.15) is 11.1 Å². The van der Waals surface area contributed by atoms with Crippen molar-refractivity contribution in [1.29, 1.82) is 0 Å². The van der Waals surface area contributed by atoms with E-state index in [1.54, 1.807) is 0 Å². The maximum atomic E-state index is 12.2. The van der Waals surface area contributed by atoms with E-state index in [1.165, 1.54) is 0 Å². The Balaban J connectivity index is 1.83. The van der Waals surface area contributed by atoms with Crippen LogP contribution in [0.25, 0.3) is 0 Å². The van der Waals surface area contributed by atoms with Gasteiger partial charge in [0.2, 0.25) is 0 Å². The summed E-state index contributed by atoms with van der Waals surface area (Å²) in [4.78, 5) is 23.8. The molecule has 0 radical (unpaired) electrons. The number of hydrogen-bond acceptors (Lipinski definition) is 7. The molecule has 3 rings (SSSR count). The summed E-state index contributed by atoms with van der Waals surface area (Å²) in [6.45, 7) is 0.182. The highest BCUT2D eigenvalue weighted by Crippen LogP contribution is 2.32. The Morgan fingerprint density at radius 2 is 1.29 bits per heavy atom. The molecule has 0 aliphatic carbocycles. The van der Waals surface area contributed by atoms with E-state index >= 15 is 0 Å². The van der Waals surface area contributed by atoms with E-state index < -0.39 is 41.9 Å². The van der Waals surface area contributed by atoms with Gasteiger partial charge >= 0.3 is 11.9 Å². The first-order chi connectivity index (χ1) is 16.5. The van der Waals surface area contributed by atoms with Crippen LogP contribution >= 0.6 is 34.8 Å². The molecule has 0 aromatic heterocycles. The number of ether oxygens (including phenoxy) is 5. The molecule has 0 bridgehead atoms. The smallest absolute Gasteiger partial charge is 0.321 e. The fraction of sp³-hybridized carbons (Fsp3) is 0.417. The molecule has 1 aliphatic rings. The number of hydrogen-bond donors (Lipinski definition) is 0. The molecule has 2 aromatic carbocycles. The van der Waals surface area contributed by atoms with Gasteiger partial charge in [0.05, 0.1) is 13.2 Å². The average molecular weight is 532 g/mol. The summed E-state index contributed by atoms with van der Waals surface area (Å²) < 4.78 is 28.8. The number of benzene rings is 2. The summed E-state index contributed by atoms with van der Waals surface area (Å²) in [6, 6.07) is 18.9. The molecule has 10 heteroatoms. The lowest BCUT2D eigenvalue weighted by molar-refractivity contribution is -0.248. The number of rotatable bonds is 11. The van der Waals surface area contributed by atoms with Gasteiger partial charge in [-0.1, -0.05) is 72.3 Å². The minimum absolute atomic E-state index is 0.183. The van der Waals surface area contributed by atoms with Crippen molar-refractivity contribution in [2.45, 2.75) is 43.2 Å². The predicted molar refractivity (Wildman–Crippen MR) is 127 cm³/mol. The number of alkyl halides is 3. The largest absolute Gasteiger partial charge is 0.462 e. The van der Waals surface area contributed by atoms with Gasteiger partial charge in [0.1, 0.15) is 36.7 Å². The molecule has 1 aliphatic heterocycles. The van der Waals surface area contributed by atoms with Gasteiger partial charge in [-0.2, -0.15) is 0 Å². The van der Waals surface area contributed by atoms with Crippen molar-refractivity contribution in [3.8, 4) is 0 Å². The van der Waals surface area contributed by atoms with Gasteiger partial charge in [-0.05, 0) is 11.1 Å². The molecule has 5 atom stereocenters. The van der Waals surface area contributed by atoms with Crippen molar-refractivity contribution in [3.05, 3.63) is 71.8 Å². The van der Waals surface area contributed by atoms with E-state index in [-0.39, 0.29) is 31.6 Å². The summed E-state index contributed by atoms with van der Waals surface area (Å²) >= 11 is 17.7. The van der Waals surface area contributed by atoms with Crippen molar-refractivity contribution in [3.63, 3.8) is 0 Å². The van der Waals surface area contributed by atoms with E-state index in [0.717, 1.165) is 11.1 Å². The standard InChI is InChI=1S/C24H25Cl3O7/c25-11-19(28)30-15-18-21(31-13-16-7-3-1-4-8-16)22(34-20(29)12-26)23(24(27)33-18)32-14-17-9-5-2-6-10-17/h1-10,18,21-24H,11-15H2/t18-,21-,22+,23+,24-/m1/s1. The zero-order valence-corrected chi connectivity index (χ0v) is 20.5. The number of carbonyl (C=O) groups is 2. The highest BCUT2D eigenvalue weighted by Gasteiger charge is 2.49. The van der Waals surface area contributed by atoms with Gasteiger partial charge in [-0.15, -0.1) is 23.2 Å². The molecule has 184 valence electrons. The summed E-state index contributed by atoms with van der Waals surface area (Å²) in [5.74, 6) is -1.99. The van der Waals surface area contributed by atoms with Crippen LogP contribution in [0.2, 0.25) is 0 Å². The van der Waals surface area contributed by atoms with Crippen LogP contribution in [-0.4, -0.2) is 60.3 Å². The molecule has 0 N–H and O–H groups in total. The minimum atomic E-state index is -1.02. The van der Waals surface area contributed by atoms with Gasteiger partial charge in [0, 0.05) is 0 Å². The van der Waals surface area contributed by atoms with Crippen molar-refractivity contribution in [2.75, 3.05) is 18.4 Å². The van der Waals surface area contributed by atoms with Crippen LogP contribution in [0, 0.1) is 0 Å². The second-order valence-electron chi connectivity index (χ2n) is 7.45. The van der Waals surface area contributed by atoms with Crippen LogP contribution in [0.15, 0.2) is 60.7 Å². The first-order valence-corrected chi connectivity index (χ1v) is 12.1. The van der Waals surface area contributed by atoms with E-state index in [1.807, 2.05) is 60.7 Å². The molecule has 1 saturated heterocycles. The van der Waals surface area contributed by atoms with Gasteiger partial charge < -0.3 is 23.7 Å². The van der Waals surface area contributed by atoms with E-state index in [4.69, 9.17) is 58.5 Å². The average Bonchev–Trinajstić information content (AvgIpc) is 2.87. The first kappa shape index (κ1) is 26.7. The van der Waals surface area contributed by atoms with Gasteiger partial charge in [0.15, 0.2) is 11.7 Å². The zero-order valence-electron chi connectivity index (χ0n) is 18.2. The maximum Gasteiger partial charge on any atom is 0.321 e. The third-order valence-electron chi connectivity index (χ3n) is 5.04. The molecular formula is C24H25Cl3O7. The summed E-state index contributed by atoms with van der Waals surface area (Å²) in [5.41, 5.74) is 0.762. The van der Waals surface area contributed by atoms with E-state index in [0.29, 0.717) is 0 Å². The summed E-state index contributed by atoms with van der Waals surface area (Å²) in [7, 11) is 0. The Kier molecular flexibility index (Phi) is 10.9. The SMILES string of the molecule is O=C(CCl)OC[C@H]1O[C@@H](Cl)[C@@H](OCc2ccccc2)[C@@H](OC(=O)CCl)[C@@H]1OCc1ccccc1. The van der Waals surface area contributed by atoms with Gasteiger partial charge in [-0.3, -0.25) is 9.59 Å². The number of esters is 2. The fourth-order valence-corrected chi connectivity index (χ4v) is 3.93. The molecule has 0 amide bonds. The summed E-state index contributed by atoms with van der Waals surface area (Å²) in [6.07, 6.45) is -3.57. The van der Waals surface area contributed by atoms with E-state index in [2.05, 4.69) is 0 Å². The molecule has 7 nitrogen and oxygen atoms in total. The fourth-order valence-electron chi connectivity index (χ4n) is 3.44. The zero-order chi connectivity index (χ0) is 24.3. The highest BCUT2D eigenvalue weighted by molar-refractivity contribution is 6.26. The monoisotopic (exact) mass is 530 g/mol. The second-order valence-corrected chi connectivity index (χ2v) is 8.42. The Bertz CT molecular complexity index is 900. The lowest BCUT2D eigenvalue weighted by atomic mass is 9.99. The van der Waals surface area contributed by atoms with Crippen molar-refractivity contribution in [1.82, 2.24) is 0 Å². The minimum Gasteiger partial charge on any atom is -0.462 e. The molecule has 1 fully saturated rings. The molecule has 2 aromatic rings.